The second-order valence-electron chi connectivity index (χ2n) is 5.88. The van der Waals surface area contributed by atoms with Crippen LogP contribution in [0.4, 0.5) is 4.79 Å². The molecule has 108 valence electrons. The van der Waals surface area contributed by atoms with E-state index in [0.717, 1.165) is 38.8 Å². The molecule has 19 heavy (non-hydrogen) atoms. The molecule has 2 aliphatic rings. The molecular weight excluding hydrogens is 244 g/mol. The van der Waals surface area contributed by atoms with Crippen LogP contribution < -0.4 is 5.32 Å². The molecule has 1 aliphatic heterocycles. The normalized spacial score (nSPS) is 24.3. The number of likely N-dealkylation sites (tertiary alicyclic amines) is 1. The van der Waals surface area contributed by atoms with Crippen LogP contribution in [0.2, 0.25) is 0 Å². The number of carboxylic acid groups (broad SMARTS) is 1. The van der Waals surface area contributed by atoms with Crippen LogP contribution in [-0.4, -0.2) is 41.1 Å². The van der Waals surface area contributed by atoms with Gasteiger partial charge in [0, 0.05) is 19.1 Å². The summed E-state index contributed by atoms with van der Waals surface area (Å²) in [7, 11) is 0. The molecule has 2 atom stereocenters. The molecule has 0 aromatic heterocycles. The van der Waals surface area contributed by atoms with Crippen LogP contribution in [0.5, 0.6) is 0 Å². The summed E-state index contributed by atoms with van der Waals surface area (Å²) in [6.07, 6.45) is 5.53. The lowest BCUT2D eigenvalue weighted by molar-refractivity contribution is -0.137. The molecule has 2 rings (SSSR count). The smallest absolute Gasteiger partial charge is 0.317 e. The molecule has 1 aliphatic carbocycles. The summed E-state index contributed by atoms with van der Waals surface area (Å²) in [6, 6.07) is -0.257. The van der Waals surface area contributed by atoms with Crippen LogP contribution >= 0.6 is 0 Å². The molecule has 5 nitrogen and oxygen atoms in total. The summed E-state index contributed by atoms with van der Waals surface area (Å²) in [6.45, 7) is 3.80. The Morgan fingerprint density at radius 1 is 1.37 bits per heavy atom. The Hall–Kier alpha value is -1.26. The van der Waals surface area contributed by atoms with Crippen LogP contribution in [-0.2, 0) is 4.79 Å². The molecule has 0 radical (unpaired) electrons. The van der Waals surface area contributed by atoms with E-state index in [1.807, 2.05) is 4.90 Å². The maximum atomic E-state index is 12.1. The highest BCUT2D eigenvalue weighted by molar-refractivity contribution is 5.76. The molecular formula is C14H24N2O3. The first-order chi connectivity index (χ1) is 9.10. The van der Waals surface area contributed by atoms with Crippen LogP contribution in [0.1, 0.15) is 45.4 Å². The standard InChI is InChI=1S/C14H24N2O3/c1-2-3-10-6-7-16(9-10)14(19)15-12(8-13(17)18)11-4-5-11/h10-12H,2-9H2,1H3,(H,15,19)(H,17,18). The summed E-state index contributed by atoms with van der Waals surface area (Å²) >= 11 is 0. The minimum atomic E-state index is -0.831. The number of nitrogens with one attached hydrogen (secondary N) is 1. The van der Waals surface area contributed by atoms with Gasteiger partial charge in [-0.2, -0.15) is 0 Å². The first-order valence-electron chi connectivity index (χ1n) is 7.37. The molecule has 0 aromatic carbocycles. The van der Waals surface area contributed by atoms with Crippen molar-refractivity contribution >= 4 is 12.0 Å². The molecule has 2 fully saturated rings. The van der Waals surface area contributed by atoms with Gasteiger partial charge in [0.05, 0.1) is 6.42 Å². The Morgan fingerprint density at radius 2 is 2.11 bits per heavy atom. The van der Waals surface area contributed by atoms with Gasteiger partial charge >= 0.3 is 12.0 Å². The van der Waals surface area contributed by atoms with Crippen molar-refractivity contribution < 1.29 is 14.7 Å². The fraction of sp³-hybridized carbons (Fsp3) is 0.857. The largest absolute Gasteiger partial charge is 0.481 e. The second kappa shape index (κ2) is 6.26. The lowest BCUT2D eigenvalue weighted by Crippen LogP contribution is -2.45. The third-order valence-corrected chi connectivity index (χ3v) is 4.16. The predicted molar refractivity (Wildman–Crippen MR) is 71.9 cm³/mol. The summed E-state index contributed by atoms with van der Waals surface area (Å²) < 4.78 is 0. The van der Waals surface area contributed by atoms with E-state index in [-0.39, 0.29) is 18.5 Å². The van der Waals surface area contributed by atoms with E-state index in [2.05, 4.69) is 12.2 Å². The third-order valence-electron chi connectivity index (χ3n) is 4.16. The van der Waals surface area contributed by atoms with E-state index >= 15 is 0 Å². The average Bonchev–Trinajstić information content (AvgIpc) is 3.09. The molecule has 0 spiro atoms. The monoisotopic (exact) mass is 268 g/mol. The van der Waals surface area contributed by atoms with Gasteiger partial charge in [0.2, 0.25) is 0 Å². The van der Waals surface area contributed by atoms with Crippen molar-refractivity contribution in [2.24, 2.45) is 11.8 Å². The average molecular weight is 268 g/mol. The molecule has 5 heteroatoms. The zero-order chi connectivity index (χ0) is 13.8. The predicted octanol–water partition coefficient (Wildman–Crippen LogP) is 2.07. The Bertz CT molecular complexity index is 342. The number of carbonyl (C=O) groups excluding carboxylic acids is 1. The van der Waals surface area contributed by atoms with Gasteiger partial charge in [0.25, 0.3) is 0 Å². The molecule has 2 N–H and O–H groups in total. The number of urea groups is 1. The Morgan fingerprint density at radius 3 is 2.68 bits per heavy atom. The molecule has 0 bridgehead atoms. The topological polar surface area (TPSA) is 69.6 Å². The van der Waals surface area contributed by atoms with Crippen molar-refractivity contribution in [3.63, 3.8) is 0 Å². The molecule has 1 saturated carbocycles. The highest BCUT2D eigenvalue weighted by atomic mass is 16.4. The number of aliphatic carboxylic acids is 1. The van der Waals surface area contributed by atoms with Crippen molar-refractivity contribution in [1.82, 2.24) is 10.2 Å². The number of nitrogens with zero attached hydrogens (tertiary/aromatic N) is 1. The van der Waals surface area contributed by atoms with Crippen LogP contribution in [0.3, 0.4) is 0 Å². The van der Waals surface area contributed by atoms with Gasteiger partial charge in [-0.15, -0.1) is 0 Å². The van der Waals surface area contributed by atoms with Gasteiger partial charge in [0.15, 0.2) is 0 Å². The quantitative estimate of drug-likeness (QED) is 0.774. The first kappa shape index (κ1) is 14.2. The zero-order valence-corrected chi connectivity index (χ0v) is 11.6. The highest BCUT2D eigenvalue weighted by Gasteiger charge is 2.35. The van der Waals surface area contributed by atoms with E-state index < -0.39 is 5.97 Å². The second-order valence-corrected chi connectivity index (χ2v) is 5.88. The van der Waals surface area contributed by atoms with E-state index in [9.17, 15) is 9.59 Å². The van der Waals surface area contributed by atoms with E-state index in [0.29, 0.717) is 11.8 Å². The van der Waals surface area contributed by atoms with Gasteiger partial charge < -0.3 is 15.3 Å². The van der Waals surface area contributed by atoms with E-state index in [4.69, 9.17) is 5.11 Å². The van der Waals surface area contributed by atoms with Gasteiger partial charge in [0.1, 0.15) is 0 Å². The molecule has 0 aromatic rings. The molecule has 1 heterocycles. The fourth-order valence-electron chi connectivity index (χ4n) is 2.93. The SMILES string of the molecule is CCCC1CCN(C(=O)NC(CC(=O)O)C2CC2)C1. The third kappa shape index (κ3) is 4.11. The minimum absolute atomic E-state index is 0.0443. The summed E-state index contributed by atoms with van der Waals surface area (Å²) in [5, 5.41) is 11.8. The van der Waals surface area contributed by atoms with Gasteiger partial charge in [-0.3, -0.25) is 4.79 Å². The van der Waals surface area contributed by atoms with Crippen LogP contribution in [0, 0.1) is 11.8 Å². The molecule has 2 unspecified atom stereocenters. The molecule has 2 amide bonds. The summed E-state index contributed by atoms with van der Waals surface area (Å²) in [5.41, 5.74) is 0. The van der Waals surface area contributed by atoms with E-state index in [1.54, 1.807) is 0 Å². The minimum Gasteiger partial charge on any atom is -0.481 e. The fourth-order valence-corrected chi connectivity index (χ4v) is 2.93. The molecule has 1 saturated heterocycles. The number of carbonyl (C=O) groups is 2. The van der Waals surface area contributed by atoms with Gasteiger partial charge in [-0.1, -0.05) is 13.3 Å². The summed E-state index contributed by atoms with van der Waals surface area (Å²) in [4.78, 5) is 24.8. The summed E-state index contributed by atoms with van der Waals surface area (Å²) in [5.74, 6) is 0.158. The van der Waals surface area contributed by atoms with Gasteiger partial charge in [-0.05, 0) is 37.5 Å². The van der Waals surface area contributed by atoms with Crippen molar-refractivity contribution in [2.75, 3.05) is 13.1 Å². The number of amides is 2. The van der Waals surface area contributed by atoms with E-state index in [1.165, 1.54) is 6.42 Å². The lowest BCUT2D eigenvalue weighted by atomic mass is 10.0. The Labute approximate surface area is 114 Å². The van der Waals surface area contributed by atoms with Crippen LogP contribution in [0.15, 0.2) is 0 Å². The van der Waals surface area contributed by atoms with Crippen molar-refractivity contribution in [2.45, 2.75) is 51.5 Å². The number of hydrogen-bond donors (Lipinski definition) is 2. The number of hydrogen-bond acceptors (Lipinski definition) is 2. The van der Waals surface area contributed by atoms with Crippen LogP contribution in [0.25, 0.3) is 0 Å². The maximum absolute atomic E-state index is 12.1. The number of carboxylic acids is 1. The first-order valence-corrected chi connectivity index (χ1v) is 7.37. The Kier molecular flexibility index (Phi) is 4.66. The Balaban J connectivity index is 1.80. The van der Waals surface area contributed by atoms with Crippen molar-refractivity contribution in [1.29, 1.82) is 0 Å². The maximum Gasteiger partial charge on any atom is 0.317 e. The van der Waals surface area contributed by atoms with Gasteiger partial charge in [-0.25, -0.2) is 4.79 Å². The lowest BCUT2D eigenvalue weighted by Gasteiger charge is -2.22. The van der Waals surface area contributed by atoms with Crippen molar-refractivity contribution in [3.8, 4) is 0 Å². The van der Waals surface area contributed by atoms with Crippen molar-refractivity contribution in [3.05, 3.63) is 0 Å². The highest BCUT2D eigenvalue weighted by Crippen LogP contribution is 2.34. The zero-order valence-electron chi connectivity index (χ0n) is 11.6. The number of rotatable bonds is 6.